The first-order valence-corrected chi connectivity index (χ1v) is 3.18. The third-order valence-electron chi connectivity index (χ3n) is 1.44. The molecule has 0 saturated carbocycles. The summed E-state index contributed by atoms with van der Waals surface area (Å²) in [5, 5.41) is 0. The van der Waals surface area contributed by atoms with Gasteiger partial charge < -0.3 is 15.2 Å². The molecule has 0 radical (unpaired) electrons. The second kappa shape index (κ2) is 2.25. The van der Waals surface area contributed by atoms with Crippen LogP contribution in [0.4, 0.5) is 0 Å². The van der Waals surface area contributed by atoms with E-state index >= 15 is 0 Å². The highest BCUT2D eigenvalue weighted by atomic mass is 16.7. The maximum absolute atomic E-state index is 5.38. The molecular formula is C6H13NO2. The molecule has 1 rings (SSSR count). The van der Waals surface area contributed by atoms with E-state index in [9.17, 15) is 0 Å². The highest BCUT2D eigenvalue weighted by molar-refractivity contribution is 4.72. The zero-order chi connectivity index (χ0) is 6.91. The Morgan fingerprint density at radius 2 is 2.44 bits per heavy atom. The minimum Gasteiger partial charge on any atom is -0.346 e. The normalized spacial score (nSPS) is 43.7. The number of nitrogens with two attached hydrogens (primary N) is 1. The molecule has 0 bridgehead atoms. The summed E-state index contributed by atoms with van der Waals surface area (Å²) in [6, 6.07) is 0. The minimum absolute atomic E-state index is 0.193. The van der Waals surface area contributed by atoms with Crippen molar-refractivity contribution in [2.24, 2.45) is 5.73 Å². The van der Waals surface area contributed by atoms with Gasteiger partial charge in [0.2, 0.25) is 0 Å². The molecule has 2 atom stereocenters. The second-order valence-electron chi connectivity index (χ2n) is 2.58. The van der Waals surface area contributed by atoms with Gasteiger partial charge in [0.15, 0.2) is 5.79 Å². The highest BCUT2D eigenvalue weighted by Gasteiger charge is 2.33. The van der Waals surface area contributed by atoms with E-state index in [1.54, 1.807) is 0 Å². The largest absolute Gasteiger partial charge is 0.346 e. The van der Waals surface area contributed by atoms with Gasteiger partial charge in [0.05, 0.1) is 12.7 Å². The molecular weight excluding hydrogens is 118 g/mol. The van der Waals surface area contributed by atoms with Crippen molar-refractivity contribution in [1.82, 2.24) is 0 Å². The lowest BCUT2D eigenvalue weighted by Crippen LogP contribution is -2.35. The average molecular weight is 131 g/mol. The molecule has 1 saturated heterocycles. The lowest BCUT2D eigenvalue weighted by molar-refractivity contribution is -0.143. The third-order valence-corrected chi connectivity index (χ3v) is 1.44. The molecule has 1 fully saturated rings. The van der Waals surface area contributed by atoms with Crippen LogP contribution in [0, 0.1) is 0 Å². The van der Waals surface area contributed by atoms with E-state index < -0.39 is 5.79 Å². The Hall–Kier alpha value is -0.120. The first kappa shape index (κ1) is 6.99. The standard InChI is InChI=1S/C6H13NO2/c1-5-3-8-6(2,4-7)9-5/h5H,3-4,7H2,1-2H3. The molecule has 54 valence electrons. The molecule has 3 nitrogen and oxygen atoms in total. The summed E-state index contributed by atoms with van der Waals surface area (Å²) in [7, 11) is 0. The van der Waals surface area contributed by atoms with Crippen LogP contribution in [-0.4, -0.2) is 25.0 Å². The van der Waals surface area contributed by atoms with Crippen LogP contribution >= 0.6 is 0 Å². The van der Waals surface area contributed by atoms with E-state index in [-0.39, 0.29) is 6.10 Å². The van der Waals surface area contributed by atoms with Gasteiger partial charge in [-0.3, -0.25) is 0 Å². The molecule has 0 spiro atoms. The fourth-order valence-electron chi connectivity index (χ4n) is 0.894. The Labute approximate surface area is 55.1 Å². The molecule has 0 aromatic heterocycles. The summed E-state index contributed by atoms with van der Waals surface area (Å²) in [4.78, 5) is 0. The third kappa shape index (κ3) is 1.41. The SMILES string of the molecule is CC1COC(C)(CN)O1. The Kier molecular flexibility index (Phi) is 1.75. The summed E-state index contributed by atoms with van der Waals surface area (Å²) < 4.78 is 10.6. The van der Waals surface area contributed by atoms with Gasteiger partial charge in [-0.1, -0.05) is 0 Å². The van der Waals surface area contributed by atoms with Gasteiger partial charge in [-0.2, -0.15) is 0 Å². The van der Waals surface area contributed by atoms with Crippen LogP contribution in [-0.2, 0) is 9.47 Å². The van der Waals surface area contributed by atoms with Gasteiger partial charge in [0.1, 0.15) is 0 Å². The summed E-state index contributed by atoms with van der Waals surface area (Å²) in [5.74, 6) is -0.514. The van der Waals surface area contributed by atoms with Crippen molar-refractivity contribution in [1.29, 1.82) is 0 Å². The van der Waals surface area contributed by atoms with Gasteiger partial charge in [-0.25, -0.2) is 0 Å². The van der Waals surface area contributed by atoms with E-state index in [2.05, 4.69) is 0 Å². The average Bonchev–Trinajstić information content (AvgIpc) is 2.13. The van der Waals surface area contributed by atoms with Gasteiger partial charge in [0, 0.05) is 6.54 Å². The molecule has 2 unspecified atom stereocenters. The van der Waals surface area contributed by atoms with Crippen LogP contribution in [0.2, 0.25) is 0 Å². The van der Waals surface area contributed by atoms with Crippen LogP contribution in [0.25, 0.3) is 0 Å². The Morgan fingerprint density at radius 3 is 2.67 bits per heavy atom. The quantitative estimate of drug-likeness (QED) is 0.548. The van der Waals surface area contributed by atoms with Crippen LogP contribution in [0.3, 0.4) is 0 Å². The summed E-state index contributed by atoms with van der Waals surface area (Å²) in [5.41, 5.74) is 5.38. The molecule has 1 aliphatic heterocycles. The summed E-state index contributed by atoms with van der Waals surface area (Å²) >= 11 is 0. The topological polar surface area (TPSA) is 44.5 Å². The first-order chi connectivity index (χ1) is 4.16. The maximum atomic E-state index is 5.38. The van der Waals surface area contributed by atoms with Crippen molar-refractivity contribution in [3.8, 4) is 0 Å². The van der Waals surface area contributed by atoms with Gasteiger partial charge in [0.25, 0.3) is 0 Å². The Morgan fingerprint density at radius 1 is 1.78 bits per heavy atom. The van der Waals surface area contributed by atoms with Gasteiger partial charge in [-0.15, -0.1) is 0 Å². The van der Waals surface area contributed by atoms with Gasteiger partial charge >= 0.3 is 0 Å². The van der Waals surface area contributed by atoms with Crippen molar-refractivity contribution in [3.05, 3.63) is 0 Å². The number of ether oxygens (including phenoxy) is 2. The van der Waals surface area contributed by atoms with Crippen molar-refractivity contribution in [3.63, 3.8) is 0 Å². The molecule has 1 heterocycles. The van der Waals surface area contributed by atoms with Crippen LogP contribution in [0.5, 0.6) is 0 Å². The van der Waals surface area contributed by atoms with E-state index in [0.29, 0.717) is 13.2 Å². The molecule has 0 aliphatic carbocycles. The van der Waals surface area contributed by atoms with Crippen molar-refractivity contribution >= 4 is 0 Å². The van der Waals surface area contributed by atoms with Crippen LogP contribution < -0.4 is 5.73 Å². The number of hydrogen-bond acceptors (Lipinski definition) is 3. The Balaban J connectivity index is 2.45. The van der Waals surface area contributed by atoms with Gasteiger partial charge in [-0.05, 0) is 13.8 Å². The smallest absolute Gasteiger partial charge is 0.178 e. The Bertz CT molecular complexity index is 107. The van der Waals surface area contributed by atoms with Crippen molar-refractivity contribution < 1.29 is 9.47 Å². The van der Waals surface area contributed by atoms with Crippen LogP contribution in [0.15, 0.2) is 0 Å². The summed E-state index contributed by atoms with van der Waals surface area (Å²) in [6.07, 6.45) is 0.193. The molecule has 0 aromatic rings. The molecule has 3 heteroatoms. The zero-order valence-corrected chi connectivity index (χ0v) is 5.89. The van der Waals surface area contributed by atoms with E-state index in [1.807, 2.05) is 13.8 Å². The number of hydrogen-bond donors (Lipinski definition) is 1. The predicted octanol–water partition coefficient (Wildman–Crippen LogP) is 0.0966. The maximum Gasteiger partial charge on any atom is 0.178 e. The first-order valence-electron chi connectivity index (χ1n) is 3.18. The van der Waals surface area contributed by atoms with Crippen LogP contribution in [0.1, 0.15) is 13.8 Å². The molecule has 2 N–H and O–H groups in total. The fourth-order valence-corrected chi connectivity index (χ4v) is 0.894. The summed E-state index contributed by atoms with van der Waals surface area (Å²) in [6.45, 7) is 4.92. The van der Waals surface area contributed by atoms with E-state index in [1.165, 1.54) is 0 Å². The molecule has 0 amide bonds. The van der Waals surface area contributed by atoms with E-state index in [4.69, 9.17) is 15.2 Å². The zero-order valence-electron chi connectivity index (χ0n) is 5.89. The van der Waals surface area contributed by atoms with Crippen molar-refractivity contribution in [2.75, 3.05) is 13.2 Å². The molecule has 0 aromatic carbocycles. The predicted molar refractivity (Wildman–Crippen MR) is 34.0 cm³/mol. The van der Waals surface area contributed by atoms with Crippen molar-refractivity contribution in [2.45, 2.75) is 25.7 Å². The minimum atomic E-state index is -0.514. The lowest BCUT2D eigenvalue weighted by Gasteiger charge is -2.19. The fraction of sp³-hybridized carbons (Fsp3) is 1.00. The monoisotopic (exact) mass is 131 g/mol. The number of rotatable bonds is 1. The van der Waals surface area contributed by atoms with E-state index in [0.717, 1.165) is 0 Å². The molecule has 1 aliphatic rings. The second-order valence-corrected chi connectivity index (χ2v) is 2.58. The highest BCUT2D eigenvalue weighted by Crippen LogP contribution is 2.20. The molecule has 9 heavy (non-hydrogen) atoms. The lowest BCUT2D eigenvalue weighted by atomic mass is 10.3.